The number of hydrogen-bond donors (Lipinski definition) is 2. The summed E-state index contributed by atoms with van der Waals surface area (Å²) in [5.74, 6) is 0.116. The van der Waals surface area contributed by atoms with Crippen LogP contribution in [0.3, 0.4) is 0 Å². The minimum Gasteiger partial charge on any atom is -0.495 e. The molecule has 0 heterocycles. The Kier molecular flexibility index (Phi) is 5.76. The Morgan fingerprint density at radius 1 is 1.04 bits per heavy atom. The second-order valence-electron chi connectivity index (χ2n) is 5.00. The summed E-state index contributed by atoms with van der Waals surface area (Å²) in [4.78, 5) is 11.1. The lowest BCUT2D eigenvalue weighted by atomic mass is 10.3. The van der Waals surface area contributed by atoms with E-state index in [0.717, 1.165) is 0 Å². The van der Waals surface area contributed by atoms with E-state index in [-0.39, 0.29) is 22.2 Å². The van der Waals surface area contributed by atoms with E-state index in [4.69, 9.17) is 21.1 Å². The van der Waals surface area contributed by atoms with Gasteiger partial charge in [0.2, 0.25) is 5.91 Å². The predicted octanol–water partition coefficient (Wildman–Crippen LogP) is 3.12. The largest absolute Gasteiger partial charge is 0.495 e. The quantitative estimate of drug-likeness (QED) is 0.798. The van der Waals surface area contributed by atoms with Crippen molar-refractivity contribution in [1.82, 2.24) is 0 Å². The zero-order valence-electron chi connectivity index (χ0n) is 13.8. The molecule has 2 aromatic rings. The van der Waals surface area contributed by atoms with Crippen LogP contribution in [0, 0.1) is 0 Å². The maximum Gasteiger partial charge on any atom is 0.265 e. The van der Waals surface area contributed by atoms with Gasteiger partial charge < -0.3 is 14.8 Å². The first-order valence-electron chi connectivity index (χ1n) is 7.09. The Labute approximate surface area is 151 Å². The van der Waals surface area contributed by atoms with Crippen molar-refractivity contribution < 1.29 is 22.7 Å². The second-order valence-corrected chi connectivity index (χ2v) is 7.08. The van der Waals surface area contributed by atoms with Crippen LogP contribution >= 0.6 is 11.6 Å². The Morgan fingerprint density at radius 2 is 1.68 bits per heavy atom. The van der Waals surface area contributed by atoms with Gasteiger partial charge in [0.05, 0.1) is 19.9 Å². The Bertz CT molecular complexity index is 899. The number of rotatable bonds is 6. The highest BCUT2D eigenvalue weighted by atomic mass is 35.5. The molecule has 0 bridgehead atoms. The summed E-state index contributed by atoms with van der Waals surface area (Å²) in [6, 6.07) is 8.86. The summed E-state index contributed by atoms with van der Waals surface area (Å²) in [5.41, 5.74) is 0.508. The summed E-state index contributed by atoms with van der Waals surface area (Å²) < 4.78 is 38.3. The number of sulfonamides is 1. The molecule has 134 valence electrons. The molecule has 1 amide bonds. The second kappa shape index (κ2) is 7.62. The van der Waals surface area contributed by atoms with Gasteiger partial charge >= 0.3 is 0 Å². The van der Waals surface area contributed by atoms with Gasteiger partial charge in [0, 0.05) is 17.6 Å². The zero-order chi connectivity index (χ0) is 18.6. The number of benzene rings is 2. The Balaban J connectivity index is 2.48. The monoisotopic (exact) mass is 384 g/mol. The first-order valence-corrected chi connectivity index (χ1v) is 8.95. The molecular weight excluding hydrogens is 368 g/mol. The summed E-state index contributed by atoms with van der Waals surface area (Å²) in [6.45, 7) is 1.33. The van der Waals surface area contributed by atoms with Crippen molar-refractivity contribution in [2.24, 2.45) is 0 Å². The van der Waals surface area contributed by atoms with E-state index in [1.165, 1.54) is 39.3 Å². The van der Waals surface area contributed by atoms with Crippen molar-refractivity contribution in [1.29, 1.82) is 0 Å². The van der Waals surface area contributed by atoms with Crippen LogP contribution in [-0.2, 0) is 14.8 Å². The molecule has 0 aliphatic rings. The number of carbonyl (C=O) groups is 1. The van der Waals surface area contributed by atoms with Crippen molar-refractivity contribution in [3.05, 3.63) is 41.4 Å². The van der Waals surface area contributed by atoms with E-state index in [1.807, 2.05) is 0 Å². The van der Waals surface area contributed by atoms with E-state index in [9.17, 15) is 13.2 Å². The van der Waals surface area contributed by atoms with E-state index in [2.05, 4.69) is 10.0 Å². The third kappa shape index (κ3) is 4.55. The van der Waals surface area contributed by atoms with Gasteiger partial charge in [0.1, 0.15) is 16.4 Å². The average Bonchev–Trinajstić information content (AvgIpc) is 2.54. The molecular formula is C16H17ClN2O5S. The van der Waals surface area contributed by atoms with Gasteiger partial charge in [0.15, 0.2) is 0 Å². The fourth-order valence-corrected chi connectivity index (χ4v) is 3.56. The van der Waals surface area contributed by atoms with Gasteiger partial charge in [-0.25, -0.2) is 8.42 Å². The SMILES string of the molecule is COc1ccc(Cl)cc1NS(=O)(=O)c1cc(NC(C)=O)ccc1OC. The fraction of sp³-hybridized carbons (Fsp3) is 0.188. The topological polar surface area (TPSA) is 93.7 Å². The average molecular weight is 385 g/mol. The minimum absolute atomic E-state index is 0.127. The standard InChI is InChI=1S/C16H17ClN2O5S/c1-10(20)18-12-5-7-15(24-3)16(9-12)25(21,22)19-13-8-11(17)4-6-14(13)23-2/h4-9,19H,1-3H3,(H,18,20). The molecule has 2 N–H and O–H groups in total. The molecule has 25 heavy (non-hydrogen) atoms. The summed E-state index contributed by atoms with van der Waals surface area (Å²) >= 11 is 5.93. The lowest BCUT2D eigenvalue weighted by Gasteiger charge is -2.15. The number of methoxy groups -OCH3 is 2. The number of nitrogens with one attached hydrogen (secondary N) is 2. The van der Waals surface area contributed by atoms with Gasteiger partial charge in [0.25, 0.3) is 10.0 Å². The van der Waals surface area contributed by atoms with Gasteiger partial charge in [-0.1, -0.05) is 11.6 Å². The maximum absolute atomic E-state index is 12.8. The number of ether oxygens (including phenoxy) is 2. The Hall–Kier alpha value is -2.45. The highest BCUT2D eigenvalue weighted by Gasteiger charge is 2.22. The number of hydrogen-bond acceptors (Lipinski definition) is 5. The molecule has 0 aliphatic heterocycles. The van der Waals surface area contributed by atoms with Gasteiger partial charge in [-0.15, -0.1) is 0 Å². The van der Waals surface area contributed by atoms with E-state index < -0.39 is 10.0 Å². The van der Waals surface area contributed by atoms with E-state index in [1.54, 1.807) is 18.2 Å². The smallest absolute Gasteiger partial charge is 0.265 e. The van der Waals surface area contributed by atoms with Crippen molar-refractivity contribution in [2.45, 2.75) is 11.8 Å². The zero-order valence-corrected chi connectivity index (χ0v) is 15.4. The van der Waals surface area contributed by atoms with Crippen LogP contribution in [0.1, 0.15) is 6.92 Å². The van der Waals surface area contributed by atoms with Crippen molar-refractivity contribution >= 4 is 38.9 Å². The summed E-state index contributed by atoms with van der Waals surface area (Å²) in [7, 11) is -1.26. The molecule has 0 saturated heterocycles. The number of anilines is 2. The van der Waals surface area contributed by atoms with Gasteiger partial charge in [-0.2, -0.15) is 0 Å². The summed E-state index contributed by atoms with van der Waals surface area (Å²) in [6.07, 6.45) is 0. The molecule has 0 unspecified atom stereocenters. The summed E-state index contributed by atoms with van der Waals surface area (Å²) in [5, 5.41) is 2.88. The highest BCUT2D eigenvalue weighted by Crippen LogP contribution is 2.33. The van der Waals surface area contributed by atoms with Crippen LogP contribution in [0.25, 0.3) is 0 Å². The fourth-order valence-electron chi connectivity index (χ4n) is 2.13. The van der Waals surface area contributed by atoms with Crippen LogP contribution < -0.4 is 19.5 Å². The molecule has 0 aliphatic carbocycles. The molecule has 0 spiro atoms. The van der Waals surface area contributed by atoms with E-state index >= 15 is 0 Å². The normalized spacial score (nSPS) is 10.9. The first kappa shape index (κ1) is 18.9. The van der Waals surface area contributed by atoms with Gasteiger partial charge in [-0.05, 0) is 36.4 Å². The first-order chi connectivity index (χ1) is 11.8. The number of carbonyl (C=O) groups excluding carboxylic acids is 1. The molecule has 0 atom stereocenters. The minimum atomic E-state index is -4.03. The Morgan fingerprint density at radius 3 is 2.28 bits per heavy atom. The van der Waals surface area contributed by atoms with Gasteiger partial charge in [-0.3, -0.25) is 9.52 Å². The lowest BCUT2D eigenvalue weighted by molar-refractivity contribution is -0.114. The van der Waals surface area contributed by atoms with Crippen LogP contribution in [0.5, 0.6) is 11.5 Å². The molecule has 0 radical (unpaired) electrons. The van der Waals surface area contributed by atoms with Crippen LogP contribution in [0.2, 0.25) is 5.02 Å². The van der Waals surface area contributed by atoms with Crippen molar-refractivity contribution in [3.8, 4) is 11.5 Å². The third-order valence-electron chi connectivity index (χ3n) is 3.18. The molecule has 9 heteroatoms. The molecule has 0 saturated carbocycles. The molecule has 2 rings (SSSR count). The van der Waals surface area contributed by atoms with Crippen molar-refractivity contribution in [2.75, 3.05) is 24.3 Å². The molecule has 0 fully saturated rings. The third-order valence-corrected chi connectivity index (χ3v) is 4.80. The predicted molar refractivity (Wildman–Crippen MR) is 96.1 cm³/mol. The number of amides is 1. The highest BCUT2D eigenvalue weighted by molar-refractivity contribution is 7.92. The van der Waals surface area contributed by atoms with Crippen LogP contribution in [0.4, 0.5) is 11.4 Å². The molecule has 2 aromatic carbocycles. The van der Waals surface area contributed by atoms with Crippen LogP contribution in [0.15, 0.2) is 41.3 Å². The molecule has 7 nitrogen and oxygen atoms in total. The lowest BCUT2D eigenvalue weighted by Crippen LogP contribution is -2.15. The molecule has 0 aromatic heterocycles. The maximum atomic E-state index is 12.8. The van der Waals surface area contributed by atoms with Crippen molar-refractivity contribution in [3.63, 3.8) is 0 Å². The number of halogens is 1. The van der Waals surface area contributed by atoms with Crippen LogP contribution in [-0.4, -0.2) is 28.5 Å². The van der Waals surface area contributed by atoms with E-state index in [0.29, 0.717) is 16.5 Å².